The molecule has 0 amide bonds. The number of nitrogens with one attached hydrogen (secondary N) is 1. The molecule has 1 aliphatic heterocycles. The van der Waals surface area contributed by atoms with Crippen LogP contribution in [0.1, 0.15) is 39.0 Å². The van der Waals surface area contributed by atoms with Crippen molar-refractivity contribution < 1.29 is 13.6 Å². The number of nitrogens with zero attached hydrogens (tertiary/aromatic N) is 1. The van der Waals surface area contributed by atoms with Gasteiger partial charge in [-0.15, -0.1) is 0 Å². The minimum atomic E-state index is -2.02. The molecule has 7 nitrogen and oxygen atoms in total. The first-order valence-corrected chi connectivity index (χ1v) is 16.2. The van der Waals surface area contributed by atoms with Crippen molar-refractivity contribution in [1.29, 1.82) is 0 Å². The van der Waals surface area contributed by atoms with E-state index in [1.165, 1.54) is 4.57 Å². The number of hydrogen-bond acceptors (Lipinski definition) is 5. The molecule has 0 saturated carbocycles. The van der Waals surface area contributed by atoms with E-state index < -0.39 is 28.6 Å². The molecular formula is C19H36N2O5Si2. The molecule has 0 aromatic carbocycles. The van der Waals surface area contributed by atoms with E-state index in [2.05, 4.69) is 58.5 Å². The molecule has 3 atom stereocenters. The summed E-state index contributed by atoms with van der Waals surface area (Å²) in [5.41, 5.74) is -0.350. The normalized spacial score (nSPS) is 24.0. The van der Waals surface area contributed by atoms with Gasteiger partial charge in [-0.2, -0.15) is 0 Å². The number of aromatic nitrogens is 2. The summed E-state index contributed by atoms with van der Waals surface area (Å²) in [6.07, 6.45) is 1.24. The topological polar surface area (TPSA) is 82.6 Å². The minimum Gasteiger partial charge on any atom is -0.415 e. The first kappa shape index (κ1) is 23.3. The van der Waals surface area contributed by atoms with Gasteiger partial charge in [-0.05, 0) is 44.7 Å². The van der Waals surface area contributed by atoms with Crippen LogP contribution in [0.2, 0.25) is 37.8 Å². The van der Waals surface area contributed by atoms with Crippen molar-refractivity contribution >= 4 is 16.6 Å². The third-order valence-electron chi connectivity index (χ3n) is 5.57. The van der Waals surface area contributed by atoms with Gasteiger partial charge in [0.15, 0.2) is 16.6 Å². The van der Waals surface area contributed by atoms with Crippen molar-refractivity contribution in [2.75, 3.05) is 6.61 Å². The average molecular weight is 429 g/mol. The van der Waals surface area contributed by atoms with Crippen LogP contribution in [0.3, 0.4) is 0 Å². The third-order valence-corrected chi connectivity index (χ3v) is 11.1. The molecule has 1 saturated heterocycles. The largest absolute Gasteiger partial charge is 0.415 e. The minimum absolute atomic E-state index is 0.0701. The van der Waals surface area contributed by atoms with E-state index in [0.29, 0.717) is 18.6 Å². The molecule has 0 aliphatic carbocycles. The summed E-state index contributed by atoms with van der Waals surface area (Å²) in [7, 11) is -3.74. The second kappa shape index (κ2) is 8.02. The number of aryl methyl sites for hydroxylation is 1. The highest BCUT2D eigenvalue weighted by atomic mass is 28.4. The Morgan fingerprint density at radius 3 is 2.36 bits per heavy atom. The van der Waals surface area contributed by atoms with Crippen LogP contribution < -0.4 is 11.2 Å². The fraction of sp³-hybridized carbons (Fsp3) is 0.789. The summed E-state index contributed by atoms with van der Waals surface area (Å²) in [5.74, 6) is 0. The molecule has 0 spiro atoms. The summed E-state index contributed by atoms with van der Waals surface area (Å²) in [6, 6.07) is 0. The number of rotatable bonds is 6. The van der Waals surface area contributed by atoms with Gasteiger partial charge in [-0.25, -0.2) is 4.79 Å². The summed E-state index contributed by atoms with van der Waals surface area (Å²) in [6.45, 7) is 19.6. The van der Waals surface area contributed by atoms with Crippen LogP contribution in [-0.4, -0.2) is 45.0 Å². The van der Waals surface area contributed by atoms with Crippen LogP contribution >= 0.6 is 0 Å². The summed E-state index contributed by atoms with van der Waals surface area (Å²) >= 11 is 0. The monoisotopic (exact) mass is 428 g/mol. The van der Waals surface area contributed by atoms with E-state index in [1.54, 1.807) is 13.1 Å². The number of H-pyrrole nitrogens is 1. The third kappa shape index (κ3) is 5.53. The van der Waals surface area contributed by atoms with E-state index >= 15 is 0 Å². The van der Waals surface area contributed by atoms with Gasteiger partial charge in [0, 0.05) is 18.2 Å². The van der Waals surface area contributed by atoms with Gasteiger partial charge in [-0.1, -0.05) is 20.8 Å². The molecule has 160 valence electrons. The zero-order valence-electron chi connectivity index (χ0n) is 18.7. The summed E-state index contributed by atoms with van der Waals surface area (Å²) in [4.78, 5) is 26.4. The fourth-order valence-corrected chi connectivity index (χ4v) is 4.86. The van der Waals surface area contributed by atoms with Gasteiger partial charge in [0.25, 0.3) is 5.56 Å². The fourth-order valence-electron chi connectivity index (χ4n) is 2.83. The molecule has 1 aromatic heterocycles. The predicted molar refractivity (Wildman–Crippen MR) is 116 cm³/mol. The Balaban J connectivity index is 2.29. The van der Waals surface area contributed by atoms with Crippen LogP contribution in [0.25, 0.3) is 0 Å². The molecule has 1 N–H and O–H groups in total. The van der Waals surface area contributed by atoms with E-state index in [4.69, 9.17) is 13.6 Å². The van der Waals surface area contributed by atoms with Crippen LogP contribution in [-0.2, 0) is 13.6 Å². The zero-order valence-corrected chi connectivity index (χ0v) is 20.7. The Kier molecular flexibility index (Phi) is 6.67. The molecule has 0 radical (unpaired) electrons. The smallest absolute Gasteiger partial charge is 0.330 e. The standard InChI is InChI=1S/C19H36N2O5Si2/c1-13-11-21(18(23)20-17(13)22)16-10-14(26-28(8,9)19(2,3)4)15(25-16)12-24-27(5,6)7/h11,14-16H,10,12H2,1-9H3,(H,20,22,23)/t14?,15-,16-/m0/s1. The summed E-state index contributed by atoms with van der Waals surface area (Å²) in [5, 5.41) is 0.0701. The van der Waals surface area contributed by atoms with Crippen LogP contribution in [0.5, 0.6) is 0 Å². The molecule has 2 rings (SSSR count). The quantitative estimate of drug-likeness (QED) is 0.703. The summed E-state index contributed by atoms with van der Waals surface area (Å²) < 4.78 is 20.4. The average Bonchev–Trinajstić information content (AvgIpc) is 2.89. The lowest BCUT2D eigenvalue weighted by molar-refractivity contribution is -0.0404. The Bertz CT molecular complexity index is 804. The second-order valence-corrected chi connectivity index (χ2v) is 19.5. The van der Waals surface area contributed by atoms with Crippen molar-refractivity contribution in [1.82, 2.24) is 9.55 Å². The Labute approximate surface area is 169 Å². The molecule has 1 aromatic rings. The SMILES string of the molecule is Cc1cn([C@@H]2CC(O[Si](C)(C)C(C)(C)C)[C@H](CO[Si](C)(C)C)O2)c(=O)[nH]c1=O. The molecule has 1 unspecified atom stereocenters. The van der Waals surface area contributed by atoms with Crippen molar-refractivity contribution in [3.63, 3.8) is 0 Å². The number of aromatic amines is 1. The lowest BCUT2D eigenvalue weighted by Gasteiger charge is -2.39. The molecule has 0 bridgehead atoms. The number of ether oxygens (including phenoxy) is 1. The van der Waals surface area contributed by atoms with Gasteiger partial charge < -0.3 is 13.6 Å². The highest BCUT2D eigenvalue weighted by Crippen LogP contribution is 2.41. The zero-order chi connectivity index (χ0) is 21.5. The Morgan fingerprint density at radius 2 is 1.82 bits per heavy atom. The maximum absolute atomic E-state index is 12.3. The maximum atomic E-state index is 12.3. The van der Waals surface area contributed by atoms with E-state index in [9.17, 15) is 9.59 Å². The Morgan fingerprint density at radius 1 is 1.21 bits per heavy atom. The van der Waals surface area contributed by atoms with Gasteiger partial charge in [0.2, 0.25) is 0 Å². The molecule has 1 aliphatic rings. The van der Waals surface area contributed by atoms with E-state index in [-0.39, 0.29) is 22.8 Å². The van der Waals surface area contributed by atoms with Crippen molar-refractivity contribution in [2.45, 2.75) is 90.3 Å². The van der Waals surface area contributed by atoms with Crippen LogP contribution in [0, 0.1) is 6.92 Å². The molecular weight excluding hydrogens is 392 g/mol. The lowest BCUT2D eigenvalue weighted by Crippen LogP contribution is -2.47. The van der Waals surface area contributed by atoms with Crippen LogP contribution in [0.15, 0.2) is 15.8 Å². The van der Waals surface area contributed by atoms with Gasteiger partial charge in [-0.3, -0.25) is 14.3 Å². The highest BCUT2D eigenvalue weighted by molar-refractivity contribution is 6.74. The molecule has 2 heterocycles. The van der Waals surface area contributed by atoms with Gasteiger partial charge >= 0.3 is 5.69 Å². The van der Waals surface area contributed by atoms with Gasteiger partial charge in [0.05, 0.1) is 12.7 Å². The second-order valence-electron chi connectivity index (χ2n) is 10.2. The first-order valence-electron chi connectivity index (χ1n) is 9.90. The van der Waals surface area contributed by atoms with Crippen molar-refractivity contribution in [3.05, 3.63) is 32.6 Å². The van der Waals surface area contributed by atoms with Gasteiger partial charge in [0.1, 0.15) is 12.3 Å². The van der Waals surface area contributed by atoms with E-state index in [1.807, 2.05) is 0 Å². The Hall–Kier alpha value is -1.01. The predicted octanol–water partition coefficient (Wildman–Crippen LogP) is 3.37. The molecule has 28 heavy (non-hydrogen) atoms. The lowest BCUT2D eigenvalue weighted by atomic mass is 10.2. The highest BCUT2D eigenvalue weighted by Gasteiger charge is 2.45. The van der Waals surface area contributed by atoms with Crippen molar-refractivity contribution in [2.24, 2.45) is 0 Å². The maximum Gasteiger partial charge on any atom is 0.330 e. The van der Waals surface area contributed by atoms with Crippen LogP contribution in [0.4, 0.5) is 0 Å². The first-order chi connectivity index (χ1) is 12.6. The molecule has 9 heteroatoms. The van der Waals surface area contributed by atoms with E-state index in [0.717, 1.165) is 0 Å². The van der Waals surface area contributed by atoms with Crippen molar-refractivity contribution in [3.8, 4) is 0 Å². The number of hydrogen-bond donors (Lipinski definition) is 1. The molecule has 1 fully saturated rings.